The van der Waals surface area contributed by atoms with Crippen molar-refractivity contribution in [2.75, 3.05) is 30.8 Å². The number of halogens is 1. The summed E-state index contributed by atoms with van der Waals surface area (Å²) in [5, 5.41) is 15.9. The quantitative estimate of drug-likeness (QED) is 0.179. The standard InChI is InChI=1S/C35H34FN3O6S/c1-35(2,25-11-6-5-7-12-25)38-33(41)24-10-8-9-23(19-24)27-20-28-30(21-29(27)39(17-18-40)46(4,43)44)45-32(31(28)34(42)37-3)22-13-15-26(36)16-14-22/h5-16,19-21,40H,17-18H2,1-4H3,(H,37,42)(H,38,41). The Labute approximate surface area is 266 Å². The maximum atomic E-state index is 13.7. The number of sulfonamides is 1. The molecule has 0 radical (unpaired) electrons. The fourth-order valence-electron chi connectivity index (χ4n) is 5.39. The summed E-state index contributed by atoms with van der Waals surface area (Å²) in [6, 6.07) is 24.8. The second kappa shape index (κ2) is 12.8. The summed E-state index contributed by atoms with van der Waals surface area (Å²) >= 11 is 0. The molecule has 5 aromatic rings. The van der Waals surface area contributed by atoms with Crippen LogP contribution in [-0.4, -0.2) is 51.8 Å². The zero-order valence-corrected chi connectivity index (χ0v) is 26.6. The van der Waals surface area contributed by atoms with Crippen LogP contribution >= 0.6 is 0 Å². The molecule has 1 heterocycles. The SMILES string of the molecule is CNC(=O)c1c(-c2ccc(F)cc2)oc2cc(N(CCO)S(C)(=O)=O)c(-c3cccc(C(=O)NC(C)(C)c4ccccc4)c3)cc12. The van der Waals surface area contributed by atoms with E-state index in [1.165, 1.54) is 37.4 Å². The van der Waals surface area contributed by atoms with Gasteiger partial charge in [0.1, 0.15) is 17.2 Å². The van der Waals surface area contributed by atoms with Crippen LogP contribution in [-0.2, 0) is 15.6 Å². The number of amides is 2. The van der Waals surface area contributed by atoms with Crippen LogP contribution in [0.25, 0.3) is 33.4 Å². The van der Waals surface area contributed by atoms with Crippen molar-refractivity contribution >= 4 is 38.5 Å². The van der Waals surface area contributed by atoms with E-state index in [-0.39, 0.29) is 35.0 Å². The third kappa shape index (κ3) is 6.51. The molecule has 46 heavy (non-hydrogen) atoms. The third-order valence-electron chi connectivity index (χ3n) is 7.70. The lowest BCUT2D eigenvalue weighted by molar-refractivity contribution is 0.0910. The molecule has 0 saturated heterocycles. The van der Waals surface area contributed by atoms with E-state index in [2.05, 4.69) is 10.6 Å². The van der Waals surface area contributed by atoms with E-state index in [0.29, 0.717) is 27.6 Å². The van der Waals surface area contributed by atoms with Gasteiger partial charge >= 0.3 is 0 Å². The van der Waals surface area contributed by atoms with Crippen molar-refractivity contribution in [2.24, 2.45) is 0 Å². The molecule has 3 N–H and O–H groups in total. The predicted octanol–water partition coefficient (Wildman–Crippen LogP) is 5.69. The Morgan fingerprint density at radius 3 is 2.24 bits per heavy atom. The molecule has 11 heteroatoms. The predicted molar refractivity (Wildman–Crippen MR) is 177 cm³/mol. The summed E-state index contributed by atoms with van der Waals surface area (Å²) in [6.07, 6.45) is 1.02. The number of anilines is 1. The number of benzene rings is 4. The highest BCUT2D eigenvalue weighted by Crippen LogP contribution is 2.42. The molecule has 2 amide bonds. The van der Waals surface area contributed by atoms with Crippen molar-refractivity contribution in [3.63, 3.8) is 0 Å². The number of hydrogen-bond donors (Lipinski definition) is 3. The molecule has 4 aromatic carbocycles. The molecule has 0 unspecified atom stereocenters. The number of carbonyl (C=O) groups excluding carboxylic acids is 2. The Morgan fingerprint density at radius 2 is 1.61 bits per heavy atom. The number of aliphatic hydroxyl groups excluding tert-OH is 1. The average Bonchev–Trinajstić information content (AvgIpc) is 3.41. The van der Waals surface area contributed by atoms with E-state index in [0.717, 1.165) is 16.1 Å². The van der Waals surface area contributed by atoms with Crippen molar-refractivity contribution in [3.05, 3.63) is 114 Å². The van der Waals surface area contributed by atoms with Crippen molar-refractivity contribution in [1.82, 2.24) is 10.6 Å². The van der Waals surface area contributed by atoms with Crippen LogP contribution in [0.15, 0.2) is 95.4 Å². The van der Waals surface area contributed by atoms with Crippen LogP contribution in [0, 0.1) is 5.82 Å². The van der Waals surface area contributed by atoms with Crippen molar-refractivity contribution in [2.45, 2.75) is 19.4 Å². The van der Waals surface area contributed by atoms with E-state index < -0.39 is 33.9 Å². The number of nitrogens with zero attached hydrogens (tertiary/aromatic N) is 1. The summed E-state index contributed by atoms with van der Waals surface area (Å²) in [7, 11) is -2.44. The normalized spacial score (nSPS) is 11.8. The fraction of sp³-hybridized carbons (Fsp3) is 0.200. The zero-order valence-electron chi connectivity index (χ0n) is 25.8. The van der Waals surface area contributed by atoms with Gasteiger partial charge in [0.25, 0.3) is 11.8 Å². The Kier molecular flexibility index (Phi) is 9.00. The van der Waals surface area contributed by atoms with Gasteiger partial charge in [-0.15, -0.1) is 0 Å². The largest absolute Gasteiger partial charge is 0.455 e. The summed E-state index contributed by atoms with van der Waals surface area (Å²) in [6.45, 7) is 3.07. The van der Waals surface area contributed by atoms with Gasteiger partial charge in [-0.25, -0.2) is 12.8 Å². The Balaban J connectivity index is 1.71. The van der Waals surface area contributed by atoms with Crippen LogP contribution in [0.2, 0.25) is 0 Å². The number of nitrogens with one attached hydrogen (secondary N) is 2. The summed E-state index contributed by atoms with van der Waals surface area (Å²) < 4.78 is 47.0. The molecule has 0 atom stereocenters. The van der Waals surface area contributed by atoms with Gasteiger partial charge in [0, 0.05) is 35.2 Å². The van der Waals surface area contributed by atoms with Gasteiger partial charge in [-0.05, 0) is 67.4 Å². The van der Waals surface area contributed by atoms with E-state index in [1.807, 2.05) is 44.2 Å². The second-order valence-electron chi connectivity index (χ2n) is 11.3. The van der Waals surface area contributed by atoms with Crippen molar-refractivity contribution in [3.8, 4) is 22.5 Å². The Hall–Kier alpha value is -5.00. The maximum absolute atomic E-state index is 13.7. The van der Waals surface area contributed by atoms with E-state index in [1.54, 1.807) is 30.3 Å². The Morgan fingerprint density at radius 1 is 0.913 bits per heavy atom. The average molecular weight is 644 g/mol. The molecule has 0 aliphatic rings. The van der Waals surface area contributed by atoms with Crippen molar-refractivity contribution in [1.29, 1.82) is 0 Å². The van der Waals surface area contributed by atoms with E-state index in [9.17, 15) is 27.5 Å². The van der Waals surface area contributed by atoms with Gasteiger partial charge in [0.15, 0.2) is 0 Å². The molecular weight excluding hydrogens is 609 g/mol. The number of fused-ring (bicyclic) bond motifs is 1. The summed E-state index contributed by atoms with van der Waals surface area (Å²) in [5.41, 5.74) is 2.39. The van der Waals surface area contributed by atoms with Crippen LogP contribution in [0.1, 0.15) is 40.1 Å². The smallest absolute Gasteiger partial charge is 0.255 e. The lowest BCUT2D eigenvalue weighted by atomic mass is 9.93. The lowest BCUT2D eigenvalue weighted by Crippen LogP contribution is -2.40. The molecular formula is C35H34FN3O6S. The maximum Gasteiger partial charge on any atom is 0.255 e. The molecule has 0 aliphatic heterocycles. The third-order valence-corrected chi connectivity index (χ3v) is 8.88. The highest BCUT2D eigenvalue weighted by Gasteiger charge is 2.28. The first-order valence-electron chi connectivity index (χ1n) is 14.5. The van der Waals surface area contributed by atoms with Gasteiger partial charge < -0.3 is 20.2 Å². The van der Waals surface area contributed by atoms with Gasteiger partial charge in [0.2, 0.25) is 10.0 Å². The van der Waals surface area contributed by atoms with E-state index >= 15 is 0 Å². The number of hydrogen-bond acceptors (Lipinski definition) is 6. The molecule has 0 aliphatic carbocycles. The first kappa shape index (κ1) is 32.4. The molecule has 0 bridgehead atoms. The van der Waals surface area contributed by atoms with Gasteiger partial charge in [-0.1, -0.05) is 42.5 Å². The minimum Gasteiger partial charge on any atom is -0.455 e. The molecule has 1 aromatic heterocycles. The molecule has 9 nitrogen and oxygen atoms in total. The van der Waals surface area contributed by atoms with Gasteiger partial charge in [0.05, 0.1) is 36.2 Å². The summed E-state index contributed by atoms with van der Waals surface area (Å²) in [4.78, 5) is 26.8. The first-order chi connectivity index (χ1) is 21.8. The fourth-order valence-corrected chi connectivity index (χ4v) is 6.31. The number of rotatable bonds is 10. The lowest BCUT2D eigenvalue weighted by Gasteiger charge is -2.27. The first-order valence-corrected chi connectivity index (χ1v) is 16.3. The second-order valence-corrected chi connectivity index (χ2v) is 13.2. The highest BCUT2D eigenvalue weighted by molar-refractivity contribution is 7.92. The van der Waals surface area contributed by atoms with Crippen molar-refractivity contribution < 1.29 is 31.9 Å². The molecule has 0 spiro atoms. The molecule has 238 valence electrons. The van der Waals surface area contributed by atoms with Gasteiger partial charge in [-0.3, -0.25) is 13.9 Å². The van der Waals surface area contributed by atoms with Gasteiger partial charge in [-0.2, -0.15) is 0 Å². The zero-order chi connectivity index (χ0) is 33.2. The number of aliphatic hydroxyl groups is 1. The molecule has 5 rings (SSSR count). The van der Waals surface area contributed by atoms with Crippen LogP contribution in [0.5, 0.6) is 0 Å². The molecule has 0 saturated carbocycles. The molecule has 0 fully saturated rings. The van der Waals surface area contributed by atoms with Crippen LogP contribution in [0.4, 0.5) is 10.1 Å². The number of carbonyl (C=O) groups is 2. The van der Waals surface area contributed by atoms with Crippen LogP contribution in [0.3, 0.4) is 0 Å². The number of furan rings is 1. The summed E-state index contributed by atoms with van der Waals surface area (Å²) in [5.74, 6) is -1.11. The minimum absolute atomic E-state index is 0.168. The van der Waals surface area contributed by atoms with Crippen LogP contribution < -0.4 is 14.9 Å². The highest BCUT2D eigenvalue weighted by atomic mass is 32.2. The monoisotopic (exact) mass is 643 g/mol. The van der Waals surface area contributed by atoms with E-state index in [4.69, 9.17) is 4.42 Å². The minimum atomic E-state index is -3.91. The topological polar surface area (TPSA) is 129 Å². The Bertz CT molecular complexity index is 2020.